The van der Waals surface area contributed by atoms with Gasteiger partial charge in [0, 0.05) is 0 Å². The van der Waals surface area contributed by atoms with E-state index in [1.54, 1.807) is 0 Å². The summed E-state index contributed by atoms with van der Waals surface area (Å²) in [6.45, 7) is -0.685. The summed E-state index contributed by atoms with van der Waals surface area (Å²) >= 11 is 0.885. The first kappa shape index (κ1) is 9.55. The number of rotatable bonds is 2. The van der Waals surface area contributed by atoms with Crippen molar-refractivity contribution in [1.82, 2.24) is 19.6 Å². The minimum Gasteiger partial charge on any atom is -0.386 e. The van der Waals surface area contributed by atoms with E-state index in [1.807, 2.05) is 10.9 Å². The van der Waals surface area contributed by atoms with Crippen LogP contribution in [0.25, 0.3) is 0 Å². The third-order valence-corrected chi connectivity index (χ3v) is 1.53. The summed E-state index contributed by atoms with van der Waals surface area (Å²) in [6.07, 6.45) is 1.27. The predicted octanol–water partition coefficient (Wildman–Crippen LogP) is -1.71. The first-order valence-corrected chi connectivity index (χ1v) is 3.94. The zero-order valence-corrected chi connectivity index (χ0v) is 7.17. The van der Waals surface area contributed by atoms with Gasteiger partial charge in [0.15, 0.2) is 5.69 Å². The van der Waals surface area contributed by atoms with E-state index in [0.717, 1.165) is 11.7 Å². The molecule has 1 aromatic rings. The third kappa shape index (κ3) is 2.76. The number of amides is 2. The summed E-state index contributed by atoms with van der Waals surface area (Å²) in [5, 5.41) is 8.29. The lowest BCUT2D eigenvalue weighted by atomic mass is 10.5. The molecule has 3 N–H and O–H groups in total. The molecule has 0 spiro atoms. The minimum atomic E-state index is -0.698. The summed E-state index contributed by atoms with van der Waals surface area (Å²) in [7, 11) is 0. The molecule has 0 bridgehead atoms. The number of nitrogens with zero attached hydrogens (tertiary/aromatic N) is 2. The smallest absolute Gasteiger partial charge is 0.291 e. The van der Waals surface area contributed by atoms with E-state index in [1.165, 1.54) is 6.20 Å². The molecule has 13 heavy (non-hydrogen) atoms. The molecule has 1 rings (SSSR count). The average Bonchev–Trinajstić information content (AvgIpc) is 2.66. The largest absolute Gasteiger partial charge is 0.386 e. The Balaban J connectivity index is 2.39. The maximum atomic E-state index is 11.0. The zero-order valence-electron chi connectivity index (χ0n) is 6.35. The molecule has 8 heteroatoms. The highest BCUT2D eigenvalue weighted by molar-refractivity contribution is 6.99. The van der Waals surface area contributed by atoms with Crippen LogP contribution in [0.15, 0.2) is 6.20 Å². The molecule has 0 fully saturated rings. The van der Waals surface area contributed by atoms with Gasteiger partial charge in [0.1, 0.15) is 6.61 Å². The van der Waals surface area contributed by atoms with E-state index in [9.17, 15) is 9.59 Å². The molecule has 0 atom stereocenters. The van der Waals surface area contributed by atoms with Crippen LogP contribution in [0.3, 0.4) is 0 Å². The molecule has 0 unspecified atom stereocenters. The van der Waals surface area contributed by atoms with E-state index in [4.69, 9.17) is 5.11 Å². The van der Waals surface area contributed by atoms with Crippen molar-refractivity contribution >= 4 is 23.5 Å². The summed E-state index contributed by atoms with van der Waals surface area (Å²) in [6, 6.07) is 0. The molecule has 0 aliphatic carbocycles. The van der Waals surface area contributed by atoms with Gasteiger partial charge >= 0.3 is 0 Å². The summed E-state index contributed by atoms with van der Waals surface area (Å²) in [5.41, 5.74) is 4.12. The van der Waals surface area contributed by atoms with Gasteiger partial charge in [0.2, 0.25) is 0 Å². The number of aliphatic hydroxyl groups is 1. The first-order valence-electron chi connectivity index (χ1n) is 3.21. The van der Waals surface area contributed by atoms with Crippen LogP contribution >= 0.6 is 11.7 Å². The van der Waals surface area contributed by atoms with Gasteiger partial charge in [-0.1, -0.05) is 0 Å². The second-order valence-corrected chi connectivity index (χ2v) is 2.51. The molecule has 2 amide bonds. The normalized spacial score (nSPS) is 9.31. The Bertz CT molecular complexity index is 299. The molecule has 0 radical (unpaired) electrons. The van der Waals surface area contributed by atoms with Crippen molar-refractivity contribution in [3.63, 3.8) is 0 Å². The molecule has 70 valence electrons. The highest BCUT2D eigenvalue weighted by Gasteiger charge is 2.08. The Labute approximate surface area is 77.1 Å². The minimum absolute atomic E-state index is 0.114. The maximum Gasteiger partial charge on any atom is 0.291 e. The third-order valence-electron chi connectivity index (χ3n) is 1.05. The topological polar surface area (TPSA) is 104 Å². The lowest BCUT2D eigenvalue weighted by Crippen LogP contribution is -2.43. The van der Waals surface area contributed by atoms with Crippen molar-refractivity contribution in [2.24, 2.45) is 0 Å². The van der Waals surface area contributed by atoms with Crippen LogP contribution in [-0.4, -0.2) is 32.3 Å². The molecule has 0 saturated carbocycles. The van der Waals surface area contributed by atoms with E-state index in [0.29, 0.717) is 0 Å². The van der Waals surface area contributed by atoms with Crippen LogP contribution < -0.4 is 10.9 Å². The Kier molecular flexibility index (Phi) is 3.29. The number of carbonyl (C=O) groups is 2. The molecule has 0 aliphatic rings. The average molecular weight is 202 g/mol. The van der Waals surface area contributed by atoms with E-state index >= 15 is 0 Å². The Morgan fingerprint density at radius 3 is 2.85 bits per heavy atom. The van der Waals surface area contributed by atoms with Crippen LogP contribution in [0, 0.1) is 0 Å². The molecule has 1 aromatic heterocycles. The van der Waals surface area contributed by atoms with Crippen molar-refractivity contribution in [1.29, 1.82) is 0 Å². The number of aromatic nitrogens is 2. The van der Waals surface area contributed by atoms with Gasteiger partial charge in [0.25, 0.3) is 11.8 Å². The van der Waals surface area contributed by atoms with Gasteiger partial charge in [-0.25, -0.2) is 0 Å². The standard InChI is InChI=1S/C5H6N4O3S/c10-2-4(11)7-8-5(12)3-1-6-13-9-3/h1,10H,2H2,(H,7,11)(H,8,12). The van der Waals surface area contributed by atoms with Crippen LogP contribution in [0.1, 0.15) is 10.5 Å². The van der Waals surface area contributed by atoms with E-state index in [2.05, 4.69) is 8.75 Å². The van der Waals surface area contributed by atoms with Crippen LogP contribution in [-0.2, 0) is 4.79 Å². The fraction of sp³-hybridized carbons (Fsp3) is 0.200. The molecule has 1 heterocycles. The fourth-order valence-electron chi connectivity index (χ4n) is 0.495. The molecular formula is C5H6N4O3S. The Morgan fingerprint density at radius 1 is 1.54 bits per heavy atom. The second kappa shape index (κ2) is 4.48. The fourth-order valence-corrected chi connectivity index (χ4v) is 0.907. The molecule has 0 aromatic carbocycles. The molecule has 0 saturated heterocycles. The summed E-state index contributed by atoms with van der Waals surface area (Å²) in [5.74, 6) is -1.27. The monoisotopic (exact) mass is 202 g/mol. The quantitative estimate of drug-likeness (QED) is 0.495. The predicted molar refractivity (Wildman–Crippen MR) is 42.6 cm³/mol. The van der Waals surface area contributed by atoms with Crippen molar-refractivity contribution in [3.8, 4) is 0 Å². The second-order valence-electron chi connectivity index (χ2n) is 1.95. The van der Waals surface area contributed by atoms with E-state index in [-0.39, 0.29) is 5.69 Å². The van der Waals surface area contributed by atoms with Gasteiger partial charge in [0.05, 0.1) is 17.9 Å². The van der Waals surface area contributed by atoms with Crippen molar-refractivity contribution in [2.45, 2.75) is 0 Å². The van der Waals surface area contributed by atoms with Gasteiger partial charge in [-0.15, -0.1) is 0 Å². The van der Waals surface area contributed by atoms with E-state index < -0.39 is 18.4 Å². The van der Waals surface area contributed by atoms with Gasteiger partial charge in [-0.3, -0.25) is 20.4 Å². The van der Waals surface area contributed by atoms with Gasteiger partial charge in [-0.2, -0.15) is 8.75 Å². The number of carbonyl (C=O) groups excluding carboxylic acids is 2. The number of hydrogen-bond donors (Lipinski definition) is 3. The number of nitrogens with one attached hydrogen (secondary N) is 2. The van der Waals surface area contributed by atoms with Crippen molar-refractivity contribution in [2.75, 3.05) is 6.61 Å². The van der Waals surface area contributed by atoms with Gasteiger partial charge < -0.3 is 5.11 Å². The highest BCUT2D eigenvalue weighted by Crippen LogP contribution is 1.92. The van der Waals surface area contributed by atoms with Crippen molar-refractivity contribution in [3.05, 3.63) is 11.9 Å². The molecule has 7 nitrogen and oxygen atoms in total. The molecule has 0 aliphatic heterocycles. The van der Waals surface area contributed by atoms with Crippen molar-refractivity contribution < 1.29 is 14.7 Å². The number of hydrogen-bond acceptors (Lipinski definition) is 6. The highest BCUT2D eigenvalue weighted by atomic mass is 32.1. The van der Waals surface area contributed by atoms with Crippen LogP contribution in [0.4, 0.5) is 0 Å². The van der Waals surface area contributed by atoms with Crippen LogP contribution in [0.5, 0.6) is 0 Å². The molecular weight excluding hydrogens is 196 g/mol. The number of hydrazine groups is 1. The lowest BCUT2D eigenvalue weighted by Gasteiger charge is -2.02. The summed E-state index contributed by atoms with van der Waals surface area (Å²) in [4.78, 5) is 21.5. The van der Waals surface area contributed by atoms with Crippen LogP contribution in [0.2, 0.25) is 0 Å². The Hall–Kier alpha value is -1.54. The first-order chi connectivity index (χ1) is 6.24. The zero-order chi connectivity index (χ0) is 9.68. The summed E-state index contributed by atoms with van der Waals surface area (Å²) < 4.78 is 7.22. The SMILES string of the molecule is O=C(CO)NNC(=O)c1cnsn1. The lowest BCUT2D eigenvalue weighted by molar-refractivity contribution is -0.124. The number of aliphatic hydroxyl groups excluding tert-OH is 1. The maximum absolute atomic E-state index is 11.0. The van der Waals surface area contributed by atoms with Gasteiger partial charge in [-0.05, 0) is 0 Å². The Morgan fingerprint density at radius 2 is 2.31 bits per heavy atom.